The fraction of sp³-hybridized carbons (Fsp3) is 0.737. The minimum Gasteiger partial charge on any atom is -0.393 e. The molecule has 0 spiro atoms. The van der Waals surface area contributed by atoms with E-state index >= 15 is 0 Å². The molecule has 0 aromatic rings. The first-order valence-electron chi connectivity index (χ1n) is 8.72. The number of hydrogen-bond acceptors (Lipinski definition) is 3. The molecule has 1 N–H and O–H groups in total. The Morgan fingerprint density at radius 2 is 2.00 bits per heavy atom. The maximum absolute atomic E-state index is 11.9. The van der Waals surface area contributed by atoms with Gasteiger partial charge in [-0.2, -0.15) is 0 Å². The molecule has 4 rings (SSSR count). The Hall–Kier alpha value is -1.18. The van der Waals surface area contributed by atoms with Crippen LogP contribution >= 0.6 is 0 Å². The molecule has 0 aromatic carbocycles. The molecular weight excluding hydrogens is 276 g/mol. The number of fused-ring (bicyclic) bond motifs is 5. The second kappa shape index (κ2) is 4.91. The first-order chi connectivity index (χ1) is 10.6. The van der Waals surface area contributed by atoms with Gasteiger partial charge in [0.05, 0.1) is 11.7 Å². The van der Waals surface area contributed by atoms with Crippen LogP contribution in [-0.4, -0.2) is 22.9 Å². The third-order valence-corrected chi connectivity index (χ3v) is 7.43. The van der Waals surface area contributed by atoms with E-state index in [0.717, 1.165) is 38.5 Å². The van der Waals surface area contributed by atoms with Gasteiger partial charge in [0.2, 0.25) is 0 Å². The van der Waals surface area contributed by atoms with Crippen LogP contribution < -0.4 is 0 Å². The topological polar surface area (TPSA) is 54.4 Å². The lowest BCUT2D eigenvalue weighted by Gasteiger charge is -2.54. The largest absolute Gasteiger partial charge is 0.393 e. The van der Waals surface area contributed by atoms with Gasteiger partial charge in [0.1, 0.15) is 5.94 Å². The van der Waals surface area contributed by atoms with E-state index < -0.39 is 0 Å². The molecule has 0 heterocycles. The molecule has 0 amide bonds. The van der Waals surface area contributed by atoms with Gasteiger partial charge in [-0.1, -0.05) is 13.0 Å². The molecule has 7 atom stereocenters. The zero-order chi connectivity index (χ0) is 15.5. The summed E-state index contributed by atoms with van der Waals surface area (Å²) in [5, 5.41) is 10.4. The number of carbonyl (C=O) groups is 1. The molecule has 4 aliphatic rings. The van der Waals surface area contributed by atoms with Crippen LogP contribution in [0.2, 0.25) is 0 Å². The van der Waals surface area contributed by atoms with E-state index in [4.69, 9.17) is 0 Å². The Labute approximate surface area is 131 Å². The zero-order valence-corrected chi connectivity index (χ0v) is 13.1. The van der Waals surface area contributed by atoms with E-state index in [1.54, 1.807) is 6.08 Å². The summed E-state index contributed by atoms with van der Waals surface area (Å²) in [7, 11) is 0. The highest BCUT2D eigenvalue weighted by molar-refractivity contribution is 6.10. The average Bonchev–Trinajstić information content (AvgIpc) is 2.82. The summed E-state index contributed by atoms with van der Waals surface area (Å²) in [6.45, 7) is 2.27. The van der Waals surface area contributed by atoms with Crippen molar-refractivity contribution < 1.29 is 14.7 Å². The van der Waals surface area contributed by atoms with Crippen molar-refractivity contribution in [1.82, 2.24) is 0 Å². The van der Waals surface area contributed by atoms with E-state index in [1.165, 1.54) is 0 Å². The summed E-state index contributed by atoms with van der Waals surface area (Å²) in [6, 6.07) is 0. The van der Waals surface area contributed by atoms with Gasteiger partial charge in [0, 0.05) is 5.92 Å². The number of aliphatic hydroxyl groups is 1. The second-order valence-electron chi connectivity index (χ2n) is 8.07. The molecule has 3 unspecified atom stereocenters. The zero-order valence-electron chi connectivity index (χ0n) is 13.1. The number of allylic oxidation sites excluding steroid dienone is 3. The van der Waals surface area contributed by atoms with E-state index in [0.29, 0.717) is 29.2 Å². The molecule has 3 saturated carbocycles. The van der Waals surface area contributed by atoms with Crippen molar-refractivity contribution in [3.63, 3.8) is 0 Å². The van der Waals surface area contributed by atoms with E-state index in [2.05, 4.69) is 13.0 Å². The molecule has 22 heavy (non-hydrogen) atoms. The van der Waals surface area contributed by atoms with Crippen molar-refractivity contribution in [2.45, 2.75) is 51.6 Å². The van der Waals surface area contributed by atoms with Gasteiger partial charge < -0.3 is 5.11 Å². The molecule has 0 bridgehead atoms. The molecular formula is C19H24O3. The van der Waals surface area contributed by atoms with Gasteiger partial charge in [0.25, 0.3) is 0 Å². The number of rotatable bonds is 0. The molecule has 3 nitrogen and oxygen atoms in total. The third kappa shape index (κ3) is 1.79. The van der Waals surface area contributed by atoms with E-state index in [1.807, 2.05) is 5.94 Å². The molecule has 0 aromatic heterocycles. The molecule has 4 aliphatic carbocycles. The average molecular weight is 300 g/mol. The van der Waals surface area contributed by atoms with Gasteiger partial charge in [0.15, 0.2) is 5.78 Å². The standard InChI is InChI=1S/C19H24O3/c1-19-9-8-13-11-4-6-17(21)15(10-20)12(11)2-3-14(13)16(19)5-7-18(19)22/h4,6,11-14,16,18,22H,2-3,5,7-9H2,1H3/t11-,12+,13?,14?,16?,18-,19-/m0/s1. The number of ketones is 1. The summed E-state index contributed by atoms with van der Waals surface area (Å²) in [5.41, 5.74) is 0.469. The predicted octanol–water partition coefficient (Wildman–Crippen LogP) is 2.71. The van der Waals surface area contributed by atoms with Gasteiger partial charge in [-0.05, 0) is 73.7 Å². The molecule has 118 valence electrons. The number of carbonyl (C=O) groups excluding carboxylic acids is 2. The SMILES string of the molecule is C[C@]12CCC3C(CC[C@H]4C(=C=O)C(=O)C=C[C@H]34)C1CC[C@@H]2O. The number of hydrogen-bond donors (Lipinski definition) is 1. The summed E-state index contributed by atoms with van der Waals surface area (Å²) >= 11 is 0. The molecule has 0 aliphatic heterocycles. The van der Waals surface area contributed by atoms with Crippen LogP contribution in [0.4, 0.5) is 0 Å². The highest BCUT2D eigenvalue weighted by Gasteiger charge is 2.56. The highest BCUT2D eigenvalue weighted by Crippen LogP contribution is 2.61. The Morgan fingerprint density at radius 3 is 2.77 bits per heavy atom. The van der Waals surface area contributed by atoms with Gasteiger partial charge in [-0.3, -0.25) is 4.79 Å². The van der Waals surface area contributed by atoms with Crippen LogP contribution in [0.1, 0.15) is 45.4 Å². The van der Waals surface area contributed by atoms with Crippen molar-refractivity contribution >= 4 is 11.7 Å². The van der Waals surface area contributed by atoms with Crippen molar-refractivity contribution in [2.75, 3.05) is 0 Å². The molecule has 3 heteroatoms. The Bertz CT molecular complexity index is 585. The van der Waals surface area contributed by atoms with Crippen LogP contribution in [0.25, 0.3) is 0 Å². The molecule has 0 saturated heterocycles. The molecule has 0 radical (unpaired) electrons. The maximum atomic E-state index is 11.9. The monoisotopic (exact) mass is 300 g/mol. The van der Waals surface area contributed by atoms with E-state index in [9.17, 15) is 14.7 Å². The van der Waals surface area contributed by atoms with Crippen molar-refractivity contribution in [3.8, 4) is 0 Å². The summed E-state index contributed by atoms with van der Waals surface area (Å²) in [5.74, 6) is 4.04. The lowest BCUT2D eigenvalue weighted by molar-refractivity contribution is -0.113. The van der Waals surface area contributed by atoms with Gasteiger partial charge in [-0.15, -0.1) is 0 Å². The molecule has 3 fully saturated rings. The lowest BCUT2D eigenvalue weighted by atomic mass is 9.51. The minimum absolute atomic E-state index is 0.0888. The summed E-state index contributed by atoms with van der Waals surface area (Å²) < 4.78 is 0. The van der Waals surface area contributed by atoms with Gasteiger partial charge in [-0.25, -0.2) is 4.79 Å². The Kier molecular flexibility index (Phi) is 3.22. The first kappa shape index (κ1) is 14.4. The van der Waals surface area contributed by atoms with Crippen LogP contribution in [-0.2, 0) is 9.59 Å². The van der Waals surface area contributed by atoms with Crippen LogP contribution in [0.3, 0.4) is 0 Å². The van der Waals surface area contributed by atoms with Crippen LogP contribution in [0.5, 0.6) is 0 Å². The first-order valence-corrected chi connectivity index (χ1v) is 8.72. The highest BCUT2D eigenvalue weighted by atomic mass is 16.3. The van der Waals surface area contributed by atoms with E-state index in [-0.39, 0.29) is 23.2 Å². The Morgan fingerprint density at radius 1 is 1.18 bits per heavy atom. The maximum Gasteiger partial charge on any atom is 0.192 e. The summed E-state index contributed by atoms with van der Waals surface area (Å²) in [6.07, 6.45) is 9.79. The minimum atomic E-state index is -0.148. The number of aliphatic hydroxyl groups excluding tert-OH is 1. The van der Waals surface area contributed by atoms with Crippen molar-refractivity contribution in [2.24, 2.45) is 35.0 Å². The Balaban J connectivity index is 1.67. The predicted molar refractivity (Wildman–Crippen MR) is 82.6 cm³/mol. The normalized spacial score (nSPS) is 50.1. The van der Waals surface area contributed by atoms with Crippen LogP contribution in [0, 0.1) is 35.0 Å². The van der Waals surface area contributed by atoms with Crippen molar-refractivity contribution in [3.05, 3.63) is 17.7 Å². The van der Waals surface area contributed by atoms with Gasteiger partial charge >= 0.3 is 0 Å². The second-order valence-corrected chi connectivity index (χ2v) is 8.07. The summed E-state index contributed by atoms with van der Waals surface area (Å²) in [4.78, 5) is 23.1. The smallest absolute Gasteiger partial charge is 0.192 e. The van der Waals surface area contributed by atoms with Crippen molar-refractivity contribution in [1.29, 1.82) is 0 Å². The quantitative estimate of drug-likeness (QED) is 0.553. The van der Waals surface area contributed by atoms with Crippen LogP contribution in [0.15, 0.2) is 17.7 Å². The fourth-order valence-electron chi connectivity index (χ4n) is 6.26. The fourth-order valence-corrected chi connectivity index (χ4v) is 6.26. The third-order valence-electron chi connectivity index (χ3n) is 7.43. The lowest BCUT2D eigenvalue weighted by Crippen LogP contribution is -2.49.